The molecular formula is C17H24ClNO. The fourth-order valence-electron chi connectivity index (χ4n) is 2.64. The second-order valence-corrected chi connectivity index (χ2v) is 6.36. The highest BCUT2D eigenvalue weighted by molar-refractivity contribution is 6.30. The molecule has 0 spiro atoms. The second-order valence-electron chi connectivity index (χ2n) is 5.92. The second kappa shape index (κ2) is 7.12. The van der Waals surface area contributed by atoms with Crippen molar-refractivity contribution in [2.45, 2.75) is 50.8 Å². The Morgan fingerprint density at radius 1 is 1.00 bits per heavy atom. The van der Waals surface area contributed by atoms with Crippen LogP contribution in [0.3, 0.4) is 0 Å². The van der Waals surface area contributed by atoms with Crippen LogP contribution >= 0.6 is 11.6 Å². The fourth-order valence-corrected chi connectivity index (χ4v) is 2.93. The van der Waals surface area contributed by atoms with Crippen molar-refractivity contribution in [3.05, 3.63) is 35.4 Å². The van der Waals surface area contributed by atoms with Gasteiger partial charge in [-0.25, -0.2) is 0 Å². The van der Waals surface area contributed by atoms with Crippen molar-refractivity contribution in [3.8, 4) is 0 Å². The molecule has 1 fully saturated rings. The maximum Gasteiger partial charge on any atom is 0.245 e. The Bertz CT molecular complexity index is 433. The molecule has 0 aromatic heterocycles. The molecule has 1 aromatic carbocycles. The van der Waals surface area contributed by atoms with Gasteiger partial charge >= 0.3 is 0 Å². The van der Waals surface area contributed by atoms with Crippen LogP contribution in [0.2, 0.25) is 0 Å². The number of amides is 1. The summed E-state index contributed by atoms with van der Waals surface area (Å²) >= 11 is 6.38. The predicted octanol–water partition coefficient (Wildman–Crippen LogP) is 4.49. The molecule has 20 heavy (non-hydrogen) atoms. The molecule has 0 bridgehead atoms. The fraction of sp³-hybridized carbons (Fsp3) is 0.588. The zero-order valence-corrected chi connectivity index (χ0v) is 13.2. The van der Waals surface area contributed by atoms with E-state index in [0.717, 1.165) is 31.5 Å². The van der Waals surface area contributed by atoms with Gasteiger partial charge in [-0.3, -0.25) is 4.79 Å². The van der Waals surface area contributed by atoms with Crippen molar-refractivity contribution in [2.75, 3.05) is 13.1 Å². The Balaban J connectivity index is 2.05. The Morgan fingerprint density at radius 2 is 1.50 bits per heavy atom. The molecule has 1 saturated heterocycles. The van der Waals surface area contributed by atoms with Crippen molar-refractivity contribution < 1.29 is 4.79 Å². The summed E-state index contributed by atoms with van der Waals surface area (Å²) in [5.74, 6) is 0.560. The molecule has 1 amide bonds. The van der Waals surface area contributed by atoms with Gasteiger partial charge in [-0.15, -0.1) is 11.6 Å². The lowest BCUT2D eigenvalue weighted by molar-refractivity contribution is -0.130. The van der Waals surface area contributed by atoms with Gasteiger partial charge in [0, 0.05) is 13.1 Å². The van der Waals surface area contributed by atoms with E-state index in [4.69, 9.17) is 11.6 Å². The summed E-state index contributed by atoms with van der Waals surface area (Å²) in [5, 5.41) is -0.547. The van der Waals surface area contributed by atoms with Crippen molar-refractivity contribution >= 4 is 17.5 Å². The average molecular weight is 294 g/mol. The first-order valence-electron chi connectivity index (χ1n) is 7.62. The molecule has 2 nitrogen and oxygen atoms in total. The average Bonchev–Trinajstić information content (AvgIpc) is 2.75. The maximum absolute atomic E-state index is 12.5. The van der Waals surface area contributed by atoms with Gasteiger partial charge in [-0.05, 0) is 29.9 Å². The molecule has 1 aliphatic rings. The molecule has 0 saturated carbocycles. The Labute approximate surface area is 127 Å². The molecule has 0 aliphatic carbocycles. The van der Waals surface area contributed by atoms with Crippen LogP contribution in [-0.2, 0) is 4.79 Å². The monoisotopic (exact) mass is 293 g/mol. The Morgan fingerprint density at radius 3 is 2.00 bits per heavy atom. The third-order valence-electron chi connectivity index (χ3n) is 4.03. The van der Waals surface area contributed by atoms with Gasteiger partial charge in [0.2, 0.25) is 5.91 Å². The van der Waals surface area contributed by atoms with Gasteiger partial charge in [0.25, 0.3) is 0 Å². The normalized spacial score (nSPS) is 17.9. The minimum Gasteiger partial charge on any atom is -0.341 e. The molecule has 1 unspecified atom stereocenters. The third kappa shape index (κ3) is 3.76. The molecule has 0 radical (unpaired) electrons. The molecule has 2 rings (SSSR count). The van der Waals surface area contributed by atoms with Gasteiger partial charge in [0.1, 0.15) is 5.38 Å². The van der Waals surface area contributed by atoms with Crippen LogP contribution in [0.15, 0.2) is 24.3 Å². The van der Waals surface area contributed by atoms with Gasteiger partial charge < -0.3 is 4.90 Å². The number of carbonyl (C=O) groups is 1. The molecule has 0 N–H and O–H groups in total. The van der Waals surface area contributed by atoms with E-state index in [1.807, 2.05) is 17.0 Å². The predicted molar refractivity (Wildman–Crippen MR) is 84.2 cm³/mol. The molecule has 3 heteroatoms. The molecule has 1 heterocycles. The van der Waals surface area contributed by atoms with Crippen LogP contribution < -0.4 is 0 Å². The number of alkyl halides is 1. The van der Waals surface area contributed by atoms with Gasteiger partial charge in [-0.1, -0.05) is 51.0 Å². The zero-order chi connectivity index (χ0) is 14.5. The van der Waals surface area contributed by atoms with E-state index in [1.165, 1.54) is 18.4 Å². The molecule has 1 aromatic rings. The van der Waals surface area contributed by atoms with Crippen LogP contribution in [0.25, 0.3) is 0 Å². The first-order chi connectivity index (χ1) is 9.59. The lowest BCUT2D eigenvalue weighted by Gasteiger charge is -2.23. The lowest BCUT2D eigenvalue weighted by atomic mass is 10.0. The van der Waals surface area contributed by atoms with Crippen molar-refractivity contribution in [2.24, 2.45) is 0 Å². The van der Waals surface area contributed by atoms with Crippen molar-refractivity contribution in [1.82, 2.24) is 4.90 Å². The van der Waals surface area contributed by atoms with Crippen LogP contribution in [0.1, 0.15) is 62.0 Å². The van der Waals surface area contributed by atoms with Crippen molar-refractivity contribution in [3.63, 3.8) is 0 Å². The first kappa shape index (κ1) is 15.4. The number of hydrogen-bond acceptors (Lipinski definition) is 1. The quantitative estimate of drug-likeness (QED) is 0.752. The molecule has 1 aliphatic heterocycles. The number of nitrogens with zero attached hydrogens (tertiary/aromatic N) is 1. The zero-order valence-electron chi connectivity index (χ0n) is 12.4. The highest BCUT2D eigenvalue weighted by Crippen LogP contribution is 2.26. The third-order valence-corrected chi connectivity index (χ3v) is 4.47. The highest BCUT2D eigenvalue weighted by Gasteiger charge is 2.24. The van der Waals surface area contributed by atoms with E-state index in [9.17, 15) is 4.79 Å². The van der Waals surface area contributed by atoms with Gasteiger partial charge in [-0.2, -0.15) is 0 Å². The number of halogens is 1. The van der Waals surface area contributed by atoms with Crippen LogP contribution in [0.5, 0.6) is 0 Å². The van der Waals surface area contributed by atoms with E-state index >= 15 is 0 Å². The summed E-state index contributed by atoms with van der Waals surface area (Å²) in [6.07, 6.45) is 4.64. The summed E-state index contributed by atoms with van der Waals surface area (Å²) in [4.78, 5) is 14.4. The largest absolute Gasteiger partial charge is 0.341 e. The number of hydrogen-bond donors (Lipinski definition) is 0. The number of likely N-dealkylation sites (tertiary alicyclic amines) is 1. The highest BCUT2D eigenvalue weighted by atomic mass is 35.5. The van der Waals surface area contributed by atoms with Crippen LogP contribution in [-0.4, -0.2) is 23.9 Å². The molecule has 110 valence electrons. The molecule has 1 atom stereocenters. The summed E-state index contributed by atoms with van der Waals surface area (Å²) in [7, 11) is 0. The first-order valence-corrected chi connectivity index (χ1v) is 8.06. The summed E-state index contributed by atoms with van der Waals surface area (Å²) < 4.78 is 0. The molecular weight excluding hydrogens is 270 g/mol. The minimum atomic E-state index is -0.547. The summed E-state index contributed by atoms with van der Waals surface area (Å²) in [6.45, 7) is 6.03. The van der Waals surface area contributed by atoms with E-state index in [2.05, 4.69) is 26.0 Å². The van der Waals surface area contributed by atoms with E-state index < -0.39 is 5.38 Å². The van der Waals surface area contributed by atoms with Gasteiger partial charge in [0.05, 0.1) is 0 Å². The van der Waals surface area contributed by atoms with Gasteiger partial charge in [0.15, 0.2) is 0 Å². The summed E-state index contributed by atoms with van der Waals surface area (Å²) in [5.41, 5.74) is 2.19. The standard InChI is InChI=1S/C17H24ClNO/c1-13(2)14-7-9-15(10-8-14)16(18)17(20)19-11-5-3-4-6-12-19/h7-10,13,16H,3-6,11-12H2,1-2H3. The number of rotatable bonds is 3. The Kier molecular flexibility index (Phi) is 5.47. The smallest absolute Gasteiger partial charge is 0.245 e. The topological polar surface area (TPSA) is 20.3 Å². The van der Waals surface area contributed by atoms with Crippen molar-refractivity contribution in [1.29, 1.82) is 0 Å². The van der Waals surface area contributed by atoms with E-state index in [0.29, 0.717) is 5.92 Å². The lowest BCUT2D eigenvalue weighted by Crippen LogP contribution is -2.34. The number of benzene rings is 1. The number of carbonyl (C=O) groups excluding carboxylic acids is 1. The van der Waals surface area contributed by atoms with E-state index in [-0.39, 0.29) is 5.91 Å². The van der Waals surface area contributed by atoms with E-state index in [1.54, 1.807) is 0 Å². The van der Waals surface area contributed by atoms with Crippen LogP contribution in [0, 0.1) is 0 Å². The SMILES string of the molecule is CC(C)c1ccc(C(Cl)C(=O)N2CCCCCC2)cc1. The summed E-state index contributed by atoms with van der Waals surface area (Å²) in [6, 6.07) is 8.13. The Hall–Kier alpha value is -1.02. The minimum absolute atomic E-state index is 0.0610. The maximum atomic E-state index is 12.5. The van der Waals surface area contributed by atoms with Crippen LogP contribution in [0.4, 0.5) is 0 Å².